The molecule has 3 rings (SSSR count). The van der Waals surface area contributed by atoms with Crippen molar-refractivity contribution in [2.24, 2.45) is 17.3 Å². The number of methoxy groups -OCH3 is 2. The van der Waals surface area contributed by atoms with E-state index in [1.165, 1.54) is 26.4 Å². The fraction of sp³-hybridized carbons (Fsp3) is 0.250. The Morgan fingerprint density at radius 1 is 1.16 bits per heavy atom. The molecule has 0 atom stereocenters. The molecular weight excluding hydrogens is 328 g/mol. The maximum absolute atomic E-state index is 12.1. The first-order valence-electron chi connectivity index (χ1n) is 7.28. The standard InChI is InChI=1S/C16H16N4O5/c1-8-5-13(19-20(8)2)17-18-14-15(21)9-6-11(23-3)12(24-4)7-10(9)25-16(14)22/h5-7,21H,1-4H3. The van der Waals surface area contributed by atoms with Crippen molar-refractivity contribution in [3.05, 3.63) is 34.3 Å². The molecule has 1 aromatic carbocycles. The van der Waals surface area contributed by atoms with E-state index in [4.69, 9.17) is 13.9 Å². The minimum atomic E-state index is -0.825. The number of hydrogen-bond acceptors (Lipinski definition) is 8. The van der Waals surface area contributed by atoms with Crippen molar-refractivity contribution in [2.75, 3.05) is 14.2 Å². The van der Waals surface area contributed by atoms with E-state index < -0.39 is 5.63 Å². The zero-order valence-electron chi connectivity index (χ0n) is 14.1. The zero-order chi connectivity index (χ0) is 18.1. The summed E-state index contributed by atoms with van der Waals surface area (Å²) < 4.78 is 17.2. The summed E-state index contributed by atoms with van der Waals surface area (Å²) in [5.74, 6) is 0.702. The van der Waals surface area contributed by atoms with E-state index in [-0.39, 0.29) is 22.4 Å². The first-order chi connectivity index (χ1) is 11.9. The van der Waals surface area contributed by atoms with Crippen molar-refractivity contribution in [1.29, 1.82) is 0 Å². The zero-order valence-corrected chi connectivity index (χ0v) is 14.1. The van der Waals surface area contributed by atoms with Crippen molar-refractivity contribution in [2.45, 2.75) is 6.92 Å². The molecule has 0 fully saturated rings. The van der Waals surface area contributed by atoms with Crippen LogP contribution in [0.2, 0.25) is 0 Å². The Bertz CT molecular complexity index is 1020. The molecule has 0 unspecified atom stereocenters. The number of aryl methyl sites for hydroxylation is 2. The first kappa shape index (κ1) is 16.5. The Morgan fingerprint density at radius 3 is 2.44 bits per heavy atom. The van der Waals surface area contributed by atoms with Gasteiger partial charge in [0.05, 0.1) is 19.6 Å². The molecule has 9 heteroatoms. The van der Waals surface area contributed by atoms with Gasteiger partial charge in [0.1, 0.15) is 5.58 Å². The molecule has 0 amide bonds. The van der Waals surface area contributed by atoms with Crippen LogP contribution >= 0.6 is 0 Å². The molecule has 0 aliphatic rings. The molecule has 0 aliphatic carbocycles. The average molecular weight is 344 g/mol. The fourth-order valence-corrected chi connectivity index (χ4v) is 2.28. The molecule has 2 aromatic heterocycles. The molecule has 0 bridgehead atoms. The third-order valence-corrected chi connectivity index (χ3v) is 3.71. The summed E-state index contributed by atoms with van der Waals surface area (Å²) in [4.78, 5) is 12.1. The van der Waals surface area contributed by atoms with Crippen molar-refractivity contribution >= 4 is 22.5 Å². The number of aromatic hydroxyl groups is 1. The van der Waals surface area contributed by atoms with Gasteiger partial charge in [-0.1, -0.05) is 0 Å². The number of nitrogens with zero attached hydrogens (tertiary/aromatic N) is 4. The summed E-state index contributed by atoms with van der Waals surface area (Å²) in [6, 6.07) is 4.64. The van der Waals surface area contributed by atoms with Gasteiger partial charge >= 0.3 is 5.63 Å². The molecule has 0 radical (unpaired) electrons. The summed E-state index contributed by atoms with van der Waals surface area (Å²) in [6.45, 7) is 1.85. The lowest BCUT2D eigenvalue weighted by atomic mass is 10.2. The number of benzene rings is 1. The number of aromatic nitrogens is 2. The highest BCUT2D eigenvalue weighted by Crippen LogP contribution is 2.38. The van der Waals surface area contributed by atoms with Crippen LogP contribution in [0.15, 0.2) is 37.6 Å². The molecular formula is C16H16N4O5. The van der Waals surface area contributed by atoms with Gasteiger partial charge in [-0.05, 0) is 13.0 Å². The highest BCUT2D eigenvalue weighted by Gasteiger charge is 2.17. The first-order valence-corrected chi connectivity index (χ1v) is 7.28. The second-order valence-electron chi connectivity index (χ2n) is 5.26. The molecule has 25 heavy (non-hydrogen) atoms. The molecule has 0 saturated carbocycles. The summed E-state index contributed by atoms with van der Waals surface area (Å²) in [5, 5.41) is 22.5. The van der Waals surface area contributed by atoms with Crippen molar-refractivity contribution < 1.29 is 19.0 Å². The lowest BCUT2D eigenvalue weighted by Gasteiger charge is -2.09. The van der Waals surface area contributed by atoms with E-state index in [2.05, 4.69) is 15.3 Å². The number of azo groups is 1. The van der Waals surface area contributed by atoms with Crippen molar-refractivity contribution in [3.8, 4) is 17.2 Å². The minimum absolute atomic E-state index is 0.146. The Hall–Kier alpha value is -3.36. The smallest absolute Gasteiger partial charge is 0.368 e. The summed E-state index contributed by atoms with van der Waals surface area (Å²) in [7, 11) is 4.68. The van der Waals surface area contributed by atoms with Gasteiger partial charge in [-0.3, -0.25) is 4.68 Å². The van der Waals surface area contributed by atoms with Gasteiger partial charge in [0.25, 0.3) is 0 Å². The highest BCUT2D eigenvalue weighted by atomic mass is 16.5. The van der Waals surface area contributed by atoms with Crippen molar-refractivity contribution in [1.82, 2.24) is 9.78 Å². The topological polar surface area (TPSA) is 111 Å². The van der Waals surface area contributed by atoms with Crippen LogP contribution in [0.4, 0.5) is 11.5 Å². The normalized spacial score (nSPS) is 11.4. The number of hydrogen-bond donors (Lipinski definition) is 1. The van der Waals surface area contributed by atoms with Gasteiger partial charge < -0.3 is 19.0 Å². The molecule has 9 nitrogen and oxygen atoms in total. The van der Waals surface area contributed by atoms with Crippen LogP contribution < -0.4 is 15.1 Å². The average Bonchev–Trinajstić information content (AvgIpc) is 2.91. The lowest BCUT2D eigenvalue weighted by molar-refractivity contribution is 0.354. The van der Waals surface area contributed by atoms with Crippen LogP contribution in [0.3, 0.4) is 0 Å². The minimum Gasteiger partial charge on any atom is -0.505 e. The number of fused-ring (bicyclic) bond motifs is 1. The number of ether oxygens (including phenoxy) is 2. The predicted octanol–water partition coefficient (Wildman–Crippen LogP) is 2.97. The third-order valence-electron chi connectivity index (χ3n) is 3.71. The van der Waals surface area contributed by atoms with Crippen LogP contribution in [-0.4, -0.2) is 29.1 Å². The fourth-order valence-electron chi connectivity index (χ4n) is 2.28. The predicted molar refractivity (Wildman–Crippen MR) is 89.4 cm³/mol. The van der Waals surface area contributed by atoms with Crippen LogP contribution in [0.1, 0.15) is 5.69 Å². The van der Waals surface area contributed by atoms with Gasteiger partial charge in [-0.25, -0.2) is 4.79 Å². The summed E-state index contributed by atoms with van der Waals surface area (Å²) in [6.07, 6.45) is 0. The Kier molecular flexibility index (Phi) is 4.14. The van der Waals surface area contributed by atoms with E-state index in [9.17, 15) is 9.90 Å². The van der Waals surface area contributed by atoms with Crippen LogP contribution in [-0.2, 0) is 7.05 Å². The molecule has 130 valence electrons. The van der Waals surface area contributed by atoms with Gasteiger partial charge in [0.15, 0.2) is 23.1 Å². The van der Waals surface area contributed by atoms with E-state index in [1.54, 1.807) is 17.8 Å². The van der Waals surface area contributed by atoms with Crippen molar-refractivity contribution in [3.63, 3.8) is 0 Å². The van der Waals surface area contributed by atoms with Gasteiger partial charge in [-0.2, -0.15) is 5.10 Å². The SMILES string of the molecule is COc1cc2oc(=O)c(N=Nc3cc(C)n(C)n3)c(O)c2cc1OC. The Morgan fingerprint density at radius 2 is 1.84 bits per heavy atom. The number of rotatable bonds is 4. The monoisotopic (exact) mass is 344 g/mol. The van der Waals surface area contributed by atoms with E-state index >= 15 is 0 Å². The molecule has 1 N–H and O–H groups in total. The largest absolute Gasteiger partial charge is 0.505 e. The van der Waals surface area contributed by atoms with Gasteiger partial charge in [0, 0.05) is 24.9 Å². The van der Waals surface area contributed by atoms with E-state index in [0.717, 1.165) is 5.69 Å². The lowest BCUT2D eigenvalue weighted by Crippen LogP contribution is -1.99. The molecule has 3 aromatic rings. The maximum Gasteiger partial charge on any atom is 0.368 e. The van der Waals surface area contributed by atoms with E-state index in [0.29, 0.717) is 17.3 Å². The maximum atomic E-state index is 12.1. The third kappa shape index (κ3) is 2.91. The van der Waals surface area contributed by atoms with Crippen LogP contribution in [0, 0.1) is 6.92 Å². The second kappa shape index (κ2) is 6.27. The Balaban J connectivity index is 2.14. The van der Waals surface area contributed by atoms with Gasteiger partial charge in [0.2, 0.25) is 5.69 Å². The van der Waals surface area contributed by atoms with Gasteiger partial charge in [-0.15, -0.1) is 10.2 Å². The molecule has 2 heterocycles. The van der Waals surface area contributed by atoms with E-state index in [1.807, 2.05) is 6.92 Å². The Labute approximate surface area is 142 Å². The highest BCUT2D eigenvalue weighted by molar-refractivity contribution is 5.90. The van der Waals surface area contributed by atoms with Crippen LogP contribution in [0.5, 0.6) is 17.2 Å². The summed E-state index contributed by atoms with van der Waals surface area (Å²) >= 11 is 0. The molecule has 0 spiro atoms. The van der Waals surface area contributed by atoms with Crippen LogP contribution in [0.25, 0.3) is 11.0 Å². The quantitative estimate of drug-likeness (QED) is 0.575. The summed E-state index contributed by atoms with van der Waals surface area (Å²) in [5.41, 5.74) is -0.120. The molecule has 0 aliphatic heterocycles. The second-order valence-corrected chi connectivity index (χ2v) is 5.26. The molecule has 0 saturated heterocycles.